The Morgan fingerprint density at radius 2 is 1.76 bits per heavy atom. The van der Waals surface area contributed by atoms with Gasteiger partial charge in [-0.15, -0.1) is 0 Å². The number of carbonyl (C=O) groups is 3. The van der Waals surface area contributed by atoms with E-state index in [4.69, 9.17) is 14.6 Å². The molecule has 1 aromatic rings. The Labute approximate surface area is 146 Å². The molecule has 1 unspecified atom stereocenters. The number of hydrogen-bond donors (Lipinski definition) is 2. The third-order valence-electron chi connectivity index (χ3n) is 4.29. The van der Waals surface area contributed by atoms with Gasteiger partial charge in [0.05, 0.1) is 11.5 Å². The summed E-state index contributed by atoms with van der Waals surface area (Å²) in [4.78, 5) is 34.5. The summed E-state index contributed by atoms with van der Waals surface area (Å²) >= 11 is 0. The minimum atomic E-state index is -1.00. The van der Waals surface area contributed by atoms with Crippen LogP contribution in [0.2, 0.25) is 0 Å². The molecule has 136 valence electrons. The minimum Gasteiger partial charge on any atom is -0.481 e. The van der Waals surface area contributed by atoms with Gasteiger partial charge in [0.25, 0.3) is 0 Å². The predicted octanol–water partition coefficient (Wildman–Crippen LogP) is 2.81. The quantitative estimate of drug-likeness (QED) is 0.605. The summed E-state index contributed by atoms with van der Waals surface area (Å²) < 4.78 is 10.1. The van der Waals surface area contributed by atoms with E-state index in [-0.39, 0.29) is 11.8 Å². The zero-order valence-corrected chi connectivity index (χ0v) is 14.1. The van der Waals surface area contributed by atoms with E-state index in [0.717, 1.165) is 12.8 Å². The van der Waals surface area contributed by atoms with E-state index in [1.165, 1.54) is 6.92 Å². The standard InChI is InChI=1S/C18H23NO6/c1-12(24-17(22)15-5-3-2-4-6-15)25-18(23)19-11-13-7-9-14(10-8-13)16(20)21/h2-6,12-14H,7-11H2,1H3,(H,19,23)(H,20,21). The van der Waals surface area contributed by atoms with Crippen LogP contribution in [0, 0.1) is 11.8 Å². The fourth-order valence-electron chi connectivity index (χ4n) is 2.85. The monoisotopic (exact) mass is 349 g/mol. The summed E-state index contributed by atoms with van der Waals surface area (Å²) in [5.74, 6) is -1.35. The van der Waals surface area contributed by atoms with Crippen LogP contribution in [0.15, 0.2) is 30.3 Å². The highest BCUT2D eigenvalue weighted by molar-refractivity contribution is 5.89. The maximum Gasteiger partial charge on any atom is 0.410 e. The summed E-state index contributed by atoms with van der Waals surface area (Å²) in [5.41, 5.74) is 0.383. The summed E-state index contributed by atoms with van der Waals surface area (Å²) in [6.45, 7) is 1.89. The number of ether oxygens (including phenoxy) is 2. The van der Waals surface area contributed by atoms with Gasteiger partial charge in [0.2, 0.25) is 6.29 Å². The van der Waals surface area contributed by atoms with E-state index >= 15 is 0 Å². The van der Waals surface area contributed by atoms with Gasteiger partial charge in [0.1, 0.15) is 0 Å². The Bertz CT molecular complexity index is 595. The van der Waals surface area contributed by atoms with Crippen molar-refractivity contribution in [2.75, 3.05) is 6.54 Å². The van der Waals surface area contributed by atoms with Crippen molar-refractivity contribution < 1.29 is 29.0 Å². The molecule has 7 nitrogen and oxygen atoms in total. The normalized spacial score (nSPS) is 21.0. The van der Waals surface area contributed by atoms with Gasteiger partial charge in [-0.2, -0.15) is 0 Å². The van der Waals surface area contributed by atoms with E-state index in [0.29, 0.717) is 24.9 Å². The Kier molecular flexibility index (Phi) is 6.80. The van der Waals surface area contributed by atoms with Gasteiger partial charge in [0, 0.05) is 13.5 Å². The Morgan fingerprint density at radius 1 is 1.12 bits per heavy atom. The second-order valence-electron chi connectivity index (χ2n) is 6.18. The molecule has 2 N–H and O–H groups in total. The molecule has 0 radical (unpaired) electrons. The van der Waals surface area contributed by atoms with Crippen LogP contribution in [0.4, 0.5) is 4.79 Å². The number of esters is 1. The van der Waals surface area contributed by atoms with Crippen LogP contribution < -0.4 is 5.32 Å². The molecule has 0 saturated heterocycles. The maximum atomic E-state index is 11.8. The minimum absolute atomic E-state index is 0.241. The second kappa shape index (κ2) is 9.05. The molecule has 1 aromatic carbocycles. The van der Waals surface area contributed by atoms with Gasteiger partial charge in [-0.25, -0.2) is 9.59 Å². The zero-order valence-electron chi connectivity index (χ0n) is 14.1. The van der Waals surface area contributed by atoms with E-state index < -0.39 is 24.3 Å². The fraction of sp³-hybridized carbons (Fsp3) is 0.500. The van der Waals surface area contributed by atoms with Crippen molar-refractivity contribution >= 4 is 18.0 Å². The molecule has 7 heteroatoms. The second-order valence-corrected chi connectivity index (χ2v) is 6.18. The van der Waals surface area contributed by atoms with E-state index in [1.807, 2.05) is 0 Å². The molecule has 25 heavy (non-hydrogen) atoms. The van der Waals surface area contributed by atoms with E-state index in [2.05, 4.69) is 5.32 Å². The first-order valence-electron chi connectivity index (χ1n) is 8.39. The van der Waals surface area contributed by atoms with Crippen LogP contribution in [0.5, 0.6) is 0 Å². The smallest absolute Gasteiger partial charge is 0.410 e. The molecule has 2 rings (SSSR count). The highest BCUT2D eigenvalue weighted by Crippen LogP contribution is 2.28. The van der Waals surface area contributed by atoms with Crippen LogP contribution in [0.1, 0.15) is 43.0 Å². The maximum absolute atomic E-state index is 11.8. The van der Waals surface area contributed by atoms with E-state index in [1.54, 1.807) is 30.3 Å². The van der Waals surface area contributed by atoms with Gasteiger partial charge in [-0.1, -0.05) is 18.2 Å². The van der Waals surface area contributed by atoms with Crippen molar-refractivity contribution in [1.29, 1.82) is 0 Å². The molecular formula is C18H23NO6. The third kappa shape index (κ3) is 6.10. The lowest BCUT2D eigenvalue weighted by molar-refractivity contribution is -0.143. The molecule has 1 aliphatic carbocycles. The summed E-state index contributed by atoms with van der Waals surface area (Å²) in [7, 11) is 0. The first kappa shape index (κ1) is 18.8. The molecular weight excluding hydrogens is 326 g/mol. The van der Waals surface area contributed by atoms with Crippen LogP contribution in [0.3, 0.4) is 0 Å². The van der Waals surface area contributed by atoms with Crippen molar-refractivity contribution in [2.24, 2.45) is 11.8 Å². The van der Waals surface area contributed by atoms with Crippen LogP contribution in [-0.4, -0.2) is 36.0 Å². The summed E-state index contributed by atoms with van der Waals surface area (Å²) in [5, 5.41) is 11.6. The molecule has 1 aliphatic rings. The highest BCUT2D eigenvalue weighted by Gasteiger charge is 2.26. The number of carboxylic acids is 1. The van der Waals surface area contributed by atoms with Crippen LogP contribution >= 0.6 is 0 Å². The Morgan fingerprint density at radius 3 is 2.36 bits per heavy atom. The van der Waals surface area contributed by atoms with Gasteiger partial charge >= 0.3 is 18.0 Å². The third-order valence-corrected chi connectivity index (χ3v) is 4.29. The molecule has 0 aliphatic heterocycles. The number of carboxylic acid groups (broad SMARTS) is 1. The van der Waals surface area contributed by atoms with E-state index in [9.17, 15) is 14.4 Å². The van der Waals surface area contributed by atoms with Gasteiger partial charge in [0.15, 0.2) is 0 Å². The number of nitrogens with one attached hydrogen (secondary N) is 1. The Balaban J connectivity index is 1.66. The largest absolute Gasteiger partial charge is 0.481 e. The zero-order chi connectivity index (χ0) is 18.2. The SMILES string of the molecule is CC(OC(=O)NCC1CCC(C(=O)O)CC1)OC(=O)c1ccccc1. The van der Waals surface area contributed by atoms with Crippen molar-refractivity contribution in [2.45, 2.75) is 38.9 Å². The summed E-state index contributed by atoms with van der Waals surface area (Å²) in [6.07, 6.45) is 1.11. The fourth-order valence-corrected chi connectivity index (χ4v) is 2.85. The predicted molar refractivity (Wildman–Crippen MR) is 88.9 cm³/mol. The number of aliphatic carboxylic acids is 1. The van der Waals surface area contributed by atoms with Gasteiger partial charge < -0.3 is 19.9 Å². The molecule has 1 atom stereocenters. The lowest BCUT2D eigenvalue weighted by Gasteiger charge is -2.26. The Hall–Kier alpha value is -2.57. The molecule has 0 heterocycles. The van der Waals surface area contributed by atoms with Crippen molar-refractivity contribution in [3.8, 4) is 0 Å². The molecule has 1 fully saturated rings. The first-order chi connectivity index (χ1) is 12.0. The summed E-state index contributed by atoms with van der Waals surface area (Å²) in [6, 6.07) is 8.45. The molecule has 0 bridgehead atoms. The van der Waals surface area contributed by atoms with Crippen molar-refractivity contribution in [1.82, 2.24) is 5.32 Å². The topological polar surface area (TPSA) is 102 Å². The first-order valence-corrected chi connectivity index (χ1v) is 8.39. The number of alkyl carbamates (subject to hydrolysis) is 1. The van der Waals surface area contributed by atoms with Gasteiger partial charge in [-0.05, 0) is 43.7 Å². The number of hydrogen-bond acceptors (Lipinski definition) is 5. The molecule has 0 aromatic heterocycles. The lowest BCUT2D eigenvalue weighted by atomic mass is 9.82. The average Bonchev–Trinajstić information content (AvgIpc) is 2.61. The molecule has 1 saturated carbocycles. The lowest BCUT2D eigenvalue weighted by Crippen LogP contribution is -2.35. The van der Waals surface area contributed by atoms with Crippen molar-refractivity contribution in [3.05, 3.63) is 35.9 Å². The van der Waals surface area contributed by atoms with Crippen LogP contribution in [-0.2, 0) is 14.3 Å². The highest BCUT2D eigenvalue weighted by atomic mass is 16.7. The molecule has 1 amide bonds. The van der Waals surface area contributed by atoms with Crippen LogP contribution in [0.25, 0.3) is 0 Å². The molecule has 0 spiro atoms. The number of carbonyl (C=O) groups excluding carboxylic acids is 2. The number of amides is 1. The van der Waals surface area contributed by atoms with Gasteiger partial charge in [-0.3, -0.25) is 4.79 Å². The number of benzene rings is 1. The average molecular weight is 349 g/mol. The number of rotatable bonds is 6. The van der Waals surface area contributed by atoms with Crippen molar-refractivity contribution in [3.63, 3.8) is 0 Å².